The maximum absolute atomic E-state index is 12.0. The van der Waals surface area contributed by atoms with E-state index in [-0.39, 0.29) is 17.7 Å². The maximum atomic E-state index is 12.0. The Morgan fingerprint density at radius 3 is 2.61 bits per heavy atom. The third-order valence-corrected chi connectivity index (χ3v) is 3.82. The molecule has 3 rings (SSSR count). The highest BCUT2D eigenvalue weighted by atomic mass is 16.5. The smallest absolute Gasteiger partial charge is 0.293 e. The molecule has 23 heavy (non-hydrogen) atoms. The molecule has 1 aliphatic rings. The molecule has 0 aliphatic heterocycles. The van der Waals surface area contributed by atoms with E-state index in [2.05, 4.69) is 10.1 Å². The summed E-state index contributed by atoms with van der Waals surface area (Å²) in [6.45, 7) is 2.66. The van der Waals surface area contributed by atoms with Crippen LogP contribution in [0.15, 0.2) is 36.4 Å². The lowest BCUT2D eigenvalue weighted by Crippen LogP contribution is -2.39. The zero-order valence-electron chi connectivity index (χ0n) is 13.1. The van der Waals surface area contributed by atoms with Crippen molar-refractivity contribution in [2.45, 2.75) is 32.2 Å². The van der Waals surface area contributed by atoms with Gasteiger partial charge in [0.25, 0.3) is 12.4 Å². The van der Waals surface area contributed by atoms with Crippen LogP contribution < -0.4 is 5.32 Å². The minimum absolute atomic E-state index is 0.0740. The standard InChI is InChI=1S/C15H15NO2.C3H6O2/c17-14-12-7-2-1-4-10(12)8-9-13(14)15(18)16-11-5-3-6-11;1-2-5-3-4/h1-2,4,7-9,11,17H,3,5-6H2,(H,16,18);3H,2H2,1H3. The number of carbonyl (C=O) groups excluding carboxylic acids is 2. The van der Waals surface area contributed by atoms with E-state index in [0.29, 0.717) is 18.6 Å². The number of phenolic OH excluding ortho intramolecular Hbond substituents is 1. The highest BCUT2D eigenvalue weighted by Gasteiger charge is 2.22. The Bertz CT molecular complexity index is 680. The van der Waals surface area contributed by atoms with Gasteiger partial charge in [-0.1, -0.05) is 30.3 Å². The molecule has 0 heterocycles. The summed E-state index contributed by atoms with van der Waals surface area (Å²) in [6, 6.07) is 11.3. The summed E-state index contributed by atoms with van der Waals surface area (Å²) < 4.78 is 4.15. The Kier molecular flexibility index (Phi) is 5.97. The second-order valence-corrected chi connectivity index (χ2v) is 5.34. The molecule has 0 saturated heterocycles. The summed E-state index contributed by atoms with van der Waals surface area (Å²) >= 11 is 0. The molecule has 5 heteroatoms. The van der Waals surface area contributed by atoms with Crippen LogP contribution in [0.1, 0.15) is 36.5 Å². The fraction of sp³-hybridized carbons (Fsp3) is 0.333. The molecule has 0 bridgehead atoms. The first kappa shape index (κ1) is 16.8. The minimum atomic E-state index is -0.178. The number of hydrogen-bond acceptors (Lipinski definition) is 4. The van der Waals surface area contributed by atoms with Crippen molar-refractivity contribution in [3.63, 3.8) is 0 Å². The average Bonchev–Trinajstić information content (AvgIpc) is 2.53. The first-order chi connectivity index (χ1) is 11.2. The molecule has 0 atom stereocenters. The molecule has 0 aromatic heterocycles. The van der Waals surface area contributed by atoms with Crippen LogP contribution in [0.25, 0.3) is 10.8 Å². The SMILES string of the molecule is CCOC=O.O=C(NC1CCC1)c1ccc2ccccc2c1O. The van der Waals surface area contributed by atoms with Gasteiger partial charge in [-0.05, 0) is 37.6 Å². The van der Waals surface area contributed by atoms with Gasteiger partial charge in [-0.2, -0.15) is 0 Å². The summed E-state index contributed by atoms with van der Waals surface area (Å²) in [7, 11) is 0. The van der Waals surface area contributed by atoms with Gasteiger partial charge in [-0.3, -0.25) is 9.59 Å². The number of hydrogen-bond donors (Lipinski definition) is 2. The number of fused-ring (bicyclic) bond motifs is 1. The molecular weight excluding hydrogens is 294 g/mol. The third-order valence-electron chi connectivity index (χ3n) is 3.82. The summed E-state index contributed by atoms with van der Waals surface area (Å²) in [4.78, 5) is 21.2. The van der Waals surface area contributed by atoms with Crippen LogP contribution in [-0.4, -0.2) is 30.1 Å². The van der Waals surface area contributed by atoms with Gasteiger partial charge in [0.05, 0.1) is 12.2 Å². The van der Waals surface area contributed by atoms with Gasteiger partial charge >= 0.3 is 0 Å². The van der Waals surface area contributed by atoms with E-state index >= 15 is 0 Å². The number of aromatic hydroxyl groups is 1. The minimum Gasteiger partial charge on any atom is -0.506 e. The van der Waals surface area contributed by atoms with E-state index in [4.69, 9.17) is 0 Å². The lowest BCUT2D eigenvalue weighted by atomic mass is 9.93. The van der Waals surface area contributed by atoms with Crippen molar-refractivity contribution in [1.29, 1.82) is 0 Å². The third kappa shape index (κ3) is 4.22. The van der Waals surface area contributed by atoms with E-state index in [1.165, 1.54) is 6.42 Å². The van der Waals surface area contributed by atoms with Crippen LogP contribution in [0.5, 0.6) is 5.75 Å². The van der Waals surface area contributed by atoms with E-state index < -0.39 is 0 Å². The fourth-order valence-electron chi connectivity index (χ4n) is 2.32. The molecular formula is C18H21NO4. The molecule has 0 unspecified atom stereocenters. The molecule has 2 aromatic carbocycles. The summed E-state index contributed by atoms with van der Waals surface area (Å²) in [6.07, 6.45) is 3.26. The molecule has 1 amide bonds. The van der Waals surface area contributed by atoms with Crippen LogP contribution in [0, 0.1) is 0 Å². The molecule has 2 aromatic rings. The van der Waals surface area contributed by atoms with Crippen LogP contribution in [0.4, 0.5) is 0 Å². The number of nitrogens with one attached hydrogen (secondary N) is 1. The van der Waals surface area contributed by atoms with Crippen molar-refractivity contribution < 1.29 is 19.4 Å². The lowest BCUT2D eigenvalue weighted by Gasteiger charge is -2.26. The number of ether oxygens (including phenoxy) is 1. The highest BCUT2D eigenvalue weighted by Crippen LogP contribution is 2.29. The molecule has 0 spiro atoms. The highest BCUT2D eigenvalue weighted by molar-refractivity contribution is 6.03. The molecule has 0 radical (unpaired) electrons. The van der Waals surface area contributed by atoms with Crippen LogP contribution in [-0.2, 0) is 9.53 Å². The van der Waals surface area contributed by atoms with E-state index in [1.807, 2.05) is 30.3 Å². The second-order valence-electron chi connectivity index (χ2n) is 5.34. The van der Waals surface area contributed by atoms with Crippen LogP contribution in [0.3, 0.4) is 0 Å². The van der Waals surface area contributed by atoms with Crippen LogP contribution in [0.2, 0.25) is 0 Å². The molecule has 122 valence electrons. The largest absolute Gasteiger partial charge is 0.506 e. The van der Waals surface area contributed by atoms with Crippen molar-refractivity contribution in [2.75, 3.05) is 6.61 Å². The summed E-state index contributed by atoms with van der Waals surface area (Å²) in [5, 5.41) is 14.8. The van der Waals surface area contributed by atoms with Crippen molar-refractivity contribution >= 4 is 23.2 Å². The van der Waals surface area contributed by atoms with Gasteiger partial charge in [0, 0.05) is 11.4 Å². The van der Waals surface area contributed by atoms with E-state index in [9.17, 15) is 14.7 Å². The Morgan fingerprint density at radius 1 is 1.30 bits per heavy atom. The van der Waals surface area contributed by atoms with Crippen molar-refractivity contribution in [2.24, 2.45) is 0 Å². The Balaban J connectivity index is 0.000000338. The van der Waals surface area contributed by atoms with Gasteiger partial charge in [-0.15, -0.1) is 0 Å². The Labute approximate surface area is 135 Å². The van der Waals surface area contributed by atoms with Gasteiger partial charge in [0.15, 0.2) is 0 Å². The molecule has 1 fully saturated rings. The van der Waals surface area contributed by atoms with E-state index in [0.717, 1.165) is 23.6 Å². The topological polar surface area (TPSA) is 75.6 Å². The Hall–Kier alpha value is -2.56. The monoisotopic (exact) mass is 315 g/mol. The number of amides is 1. The molecule has 2 N–H and O–H groups in total. The first-order valence-electron chi connectivity index (χ1n) is 7.74. The van der Waals surface area contributed by atoms with Gasteiger partial charge in [-0.25, -0.2) is 0 Å². The number of phenols is 1. The normalized spacial score (nSPS) is 13.4. The van der Waals surface area contributed by atoms with Crippen molar-refractivity contribution in [3.05, 3.63) is 42.0 Å². The van der Waals surface area contributed by atoms with Crippen molar-refractivity contribution in [3.8, 4) is 5.75 Å². The molecule has 5 nitrogen and oxygen atoms in total. The predicted molar refractivity (Wildman–Crippen MR) is 88.4 cm³/mol. The number of carbonyl (C=O) groups is 2. The van der Waals surface area contributed by atoms with E-state index in [1.54, 1.807) is 13.0 Å². The molecule has 1 saturated carbocycles. The van der Waals surface area contributed by atoms with Crippen molar-refractivity contribution in [1.82, 2.24) is 5.32 Å². The zero-order valence-corrected chi connectivity index (χ0v) is 13.1. The maximum Gasteiger partial charge on any atom is 0.293 e. The number of benzene rings is 2. The second kappa shape index (κ2) is 8.17. The summed E-state index contributed by atoms with van der Waals surface area (Å²) in [5.41, 5.74) is 0.362. The lowest BCUT2D eigenvalue weighted by molar-refractivity contribution is -0.128. The zero-order chi connectivity index (χ0) is 16.7. The van der Waals surface area contributed by atoms with Crippen LogP contribution >= 0.6 is 0 Å². The quantitative estimate of drug-likeness (QED) is 0.850. The molecule has 1 aliphatic carbocycles. The average molecular weight is 315 g/mol. The number of rotatable bonds is 4. The van der Waals surface area contributed by atoms with Gasteiger partial charge < -0.3 is 15.2 Å². The van der Waals surface area contributed by atoms with Gasteiger partial charge in [0.1, 0.15) is 5.75 Å². The fourth-order valence-corrected chi connectivity index (χ4v) is 2.32. The Morgan fingerprint density at radius 2 is 2.04 bits per heavy atom. The predicted octanol–water partition coefficient (Wildman–Crippen LogP) is 3.01. The first-order valence-corrected chi connectivity index (χ1v) is 7.74. The van der Waals surface area contributed by atoms with Gasteiger partial charge in [0.2, 0.25) is 0 Å². The summed E-state index contributed by atoms with van der Waals surface area (Å²) in [5.74, 6) is -0.104.